The molecule has 1 atom stereocenters. The molecular formula is C21H19NO4. The minimum atomic E-state index is -1.10. The van der Waals surface area contributed by atoms with Crippen LogP contribution in [0.3, 0.4) is 0 Å². The third kappa shape index (κ3) is 4.15. The number of dihydropyridines is 1. The molecule has 132 valence electrons. The Kier molecular flexibility index (Phi) is 6.25. The van der Waals surface area contributed by atoms with E-state index in [4.69, 9.17) is 11.2 Å². The molecule has 0 spiro atoms. The summed E-state index contributed by atoms with van der Waals surface area (Å²) in [7, 11) is 0. The Morgan fingerprint density at radius 3 is 2.42 bits per heavy atom. The van der Waals surface area contributed by atoms with Gasteiger partial charge < -0.3 is 15.2 Å². The van der Waals surface area contributed by atoms with Crippen LogP contribution in [0.15, 0.2) is 52.9 Å². The number of carbonyl (C=O) groups is 2. The van der Waals surface area contributed by atoms with Gasteiger partial charge in [-0.25, -0.2) is 9.59 Å². The van der Waals surface area contributed by atoms with Crippen LogP contribution in [-0.2, 0) is 14.3 Å². The summed E-state index contributed by atoms with van der Waals surface area (Å²) in [5, 5.41) is 12.6. The van der Waals surface area contributed by atoms with E-state index in [0.717, 1.165) is 0 Å². The van der Waals surface area contributed by atoms with Crippen molar-refractivity contribution < 1.29 is 19.4 Å². The number of esters is 1. The van der Waals surface area contributed by atoms with Gasteiger partial charge in [0.05, 0.1) is 17.1 Å². The van der Waals surface area contributed by atoms with Crippen molar-refractivity contribution >= 4 is 11.9 Å². The largest absolute Gasteiger partial charge is 0.478 e. The maximum absolute atomic E-state index is 12.6. The van der Waals surface area contributed by atoms with Crippen LogP contribution in [0.4, 0.5) is 0 Å². The molecule has 26 heavy (non-hydrogen) atoms. The number of carboxylic acid groups (broad SMARTS) is 1. The summed E-state index contributed by atoms with van der Waals surface area (Å²) in [5.41, 5.74) is 2.05. The Hall–Kier alpha value is -3.44. The van der Waals surface area contributed by atoms with E-state index in [2.05, 4.69) is 23.3 Å². The number of benzene rings is 1. The van der Waals surface area contributed by atoms with E-state index in [1.165, 1.54) is 0 Å². The van der Waals surface area contributed by atoms with Crippen LogP contribution >= 0.6 is 0 Å². The SMILES string of the molecule is C#CCCC#COC(=O)C1=C(C)NC(C)=C(C(=O)O)C1c1ccccc1. The van der Waals surface area contributed by atoms with Crippen molar-refractivity contribution in [1.82, 2.24) is 5.32 Å². The van der Waals surface area contributed by atoms with E-state index in [1.807, 2.05) is 6.07 Å². The number of rotatable bonds is 4. The second kappa shape index (κ2) is 8.60. The van der Waals surface area contributed by atoms with Crippen molar-refractivity contribution in [2.45, 2.75) is 32.6 Å². The number of allylic oxidation sites excluding steroid dienone is 2. The van der Waals surface area contributed by atoms with Crippen molar-refractivity contribution in [2.75, 3.05) is 0 Å². The van der Waals surface area contributed by atoms with Gasteiger partial charge in [0.1, 0.15) is 6.11 Å². The lowest BCUT2D eigenvalue weighted by Crippen LogP contribution is -2.31. The number of ether oxygens (including phenoxy) is 1. The highest BCUT2D eigenvalue weighted by Gasteiger charge is 2.37. The smallest absolute Gasteiger partial charge is 0.350 e. The zero-order chi connectivity index (χ0) is 19.1. The number of terminal acetylenes is 1. The first-order chi connectivity index (χ1) is 12.5. The zero-order valence-electron chi connectivity index (χ0n) is 14.6. The van der Waals surface area contributed by atoms with Gasteiger partial charge in [-0.1, -0.05) is 36.3 Å². The first-order valence-electron chi connectivity index (χ1n) is 8.06. The molecule has 0 aromatic heterocycles. The first kappa shape index (κ1) is 18.9. The molecule has 5 nitrogen and oxygen atoms in total. The summed E-state index contributed by atoms with van der Waals surface area (Å²) in [6.45, 7) is 3.38. The summed E-state index contributed by atoms with van der Waals surface area (Å²) in [5.74, 6) is 2.59. The van der Waals surface area contributed by atoms with Crippen LogP contribution in [0.25, 0.3) is 0 Å². The average Bonchev–Trinajstić information content (AvgIpc) is 2.61. The van der Waals surface area contributed by atoms with Crippen molar-refractivity contribution in [3.8, 4) is 24.4 Å². The molecular weight excluding hydrogens is 330 g/mol. The van der Waals surface area contributed by atoms with Crippen molar-refractivity contribution in [2.24, 2.45) is 0 Å². The molecule has 1 heterocycles. The average molecular weight is 349 g/mol. The number of hydrogen-bond donors (Lipinski definition) is 2. The summed E-state index contributed by atoms with van der Waals surface area (Å²) in [6, 6.07) is 8.98. The topological polar surface area (TPSA) is 75.6 Å². The van der Waals surface area contributed by atoms with E-state index in [9.17, 15) is 14.7 Å². The van der Waals surface area contributed by atoms with Crippen molar-refractivity contribution in [3.63, 3.8) is 0 Å². The van der Waals surface area contributed by atoms with Gasteiger partial charge in [0.25, 0.3) is 0 Å². The Balaban J connectivity index is 2.42. The lowest BCUT2D eigenvalue weighted by molar-refractivity contribution is -0.133. The maximum atomic E-state index is 12.6. The maximum Gasteiger partial charge on any atom is 0.350 e. The van der Waals surface area contributed by atoms with E-state index in [0.29, 0.717) is 29.8 Å². The molecule has 0 bridgehead atoms. The summed E-state index contributed by atoms with van der Waals surface area (Å²) in [6.07, 6.45) is 8.37. The van der Waals surface area contributed by atoms with E-state index in [-0.39, 0.29) is 11.1 Å². The second-order valence-electron chi connectivity index (χ2n) is 5.72. The van der Waals surface area contributed by atoms with Gasteiger partial charge in [0.2, 0.25) is 0 Å². The van der Waals surface area contributed by atoms with Gasteiger partial charge in [0, 0.05) is 24.2 Å². The van der Waals surface area contributed by atoms with Crippen LogP contribution in [-0.4, -0.2) is 17.0 Å². The standard InChI is InChI=1S/C21H19NO4/c1-4-5-6-10-13-26-21(25)18-15(3)22-14(2)17(20(23)24)19(18)16-11-8-7-9-12-16/h1,7-9,11-12,19,22H,5-6H2,2-3H3,(H,23,24). The van der Waals surface area contributed by atoms with Crippen molar-refractivity contribution in [3.05, 3.63) is 58.4 Å². The Bertz CT molecular complexity index is 876. The number of carboxylic acids is 1. The molecule has 0 fully saturated rings. The third-order valence-corrected chi connectivity index (χ3v) is 3.95. The molecule has 1 unspecified atom stereocenters. The van der Waals surface area contributed by atoms with Gasteiger partial charge in [-0.15, -0.1) is 12.3 Å². The van der Waals surface area contributed by atoms with Gasteiger partial charge in [-0.3, -0.25) is 0 Å². The second-order valence-corrected chi connectivity index (χ2v) is 5.72. The lowest BCUT2D eigenvalue weighted by atomic mass is 9.80. The molecule has 2 rings (SSSR count). The fourth-order valence-electron chi connectivity index (χ4n) is 2.85. The number of carbonyl (C=O) groups excluding carboxylic acids is 1. The molecule has 1 aromatic rings. The molecule has 2 N–H and O–H groups in total. The predicted molar refractivity (Wildman–Crippen MR) is 97.3 cm³/mol. The number of nitrogens with one attached hydrogen (secondary N) is 1. The molecule has 1 aromatic carbocycles. The van der Waals surface area contributed by atoms with Crippen molar-refractivity contribution in [1.29, 1.82) is 0 Å². The molecule has 0 aliphatic carbocycles. The predicted octanol–water partition coefficient (Wildman–Crippen LogP) is 2.92. The highest BCUT2D eigenvalue weighted by atomic mass is 16.5. The number of hydrogen-bond acceptors (Lipinski definition) is 4. The Labute approximate surface area is 152 Å². The van der Waals surface area contributed by atoms with Crippen LogP contribution in [0.5, 0.6) is 0 Å². The van der Waals surface area contributed by atoms with E-state index in [1.54, 1.807) is 38.1 Å². The normalized spacial score (nSPS) is 16.1. The Morgan fingerprint density at radius 2 is 1.81 bits per heavy atom. The molecule has 0 amide bonds. The van der Waals surface area contributed by atoms with Crippen LogP contribution < -0.4 is 5.32 Å². The molecule has 1 aliphatic heterocycles. The fraction of sp³-hybridized carbons (Fsp3) is 0.238. The molecule has 0 radical (unpaired) electrons. The summed E-state index contributed by atoms with van der Waals surface area (Å²) >= 11 is 0. The van der Waals surface area contributed by atoms with Crippen LogP contribution in [0.2, 0.25) is 0 Å². The minimum Gasteiger partial charge on any atom is -0.478 e. The lowest BCUT2D eigenvalue weighted by Gasteiger charge is -2.29. The van der Waals surface area contributed by atoms with Gasteiger partial charge >= 0.3 is 11.9 Å². The molecule has 5 heteroatoms. The number of aliphatic carboxylic acids is 1. The minimum absolute atomic E-state index is 0.106. The van der Waals surface area contributed by atoms with Gasteiger partial charge in [-0.05, 0) is 19.4 Å². The van der Waals surface area contributed by atoms with Gasteiger partial charge in [0.15, 0.2) is 0 Å². The third-order valence-electron chi connectivity index (χ3n) is 3.95. The van der Waals surface area contributed by atoms with E-state index >= 15 is 0 Å². The Morgan fingerprint density at radius 1 is 1.15 bits per heavy atom. The molecule has 1 aliphatic rings. The van der Waals surface area contributed by atoms with Crippen LogP contribution in [0.1, 0.15) is 38.2 Å². The summed E-state index contributed by atoms with van der Waals surface area (Å²) < 4.78 is 5.03. The van der Waals surface area contributed by atoms with Gasteiger partial charge in [-0.2, -0.15) is 0 Å². The highest BCUT2D eigenvalue weighted by molar-refractivity contribution is 5.99. The number of unbranched alkanes of at least 4 members (excludes halogenated alkanes) is 1. The first-order valence-corrected chi connectivity index (χ1v) is 8.06. The quantitative estimate of drug-likeness (QED) is 0.497. The summed E-state index contributed by atoms with van der Waals surface area (Å²) in [4.78, 5) is 24.5. The van der Waals surface area contributed by atoms with Crippen LogP contribution in [0, 0.1) is 24.4 Å². The fourth-order valence-corrected chi connectivity index (χ4v) is 2.85. The highest BCUT2D eigenvalue weighted by Crippen LogP contribution is 2.38. The zero-order valence-corrected chi connectivity index (χ0v) is 14.6. The van der Waals surface area contributed by atoms with E-state index < -0.39 is 17.9 Å². The molecule has 0 saturated heterocycles. The monoisotopic (exact) mass is 349 g/mol. The molecule has 0 saturated carbocycles.